The van der Waals surface area contributed by atoms with E-state index in [9.17, 15) is 9.59 Å². The molecule has 3 saturated heterocycles. The Hall–Kier alpha value is -1.10. The third-order valence-electron chi connectivity index (χ3n) is 3.96. The summed E-state index contributed by atoms with van der Waals surface area (Å²) in [6.07, 6.45) is 2.66. The van der Waals surface area contributed by atoms with Crippen molar-refractivity contribution in [1.82, 2.24) is 4.90 Å². The molecular formula is C13H21NO4. The van der Waals surface area contributed by atoms with Gasteiger partial charge < -0.3 is 9.47 Å². The lowest BCUT2D eigenvalue weighted by molar-refractivity contribution is -0.184. The number of ether oxygens (including phenoxy) is 2. The Labute approximate surface area is 107 Å². The van der Waals surface area contributed by atoms with E-state index in [-0.39, 0.29) is 0 Å². The van der Waals surface area contributed by atoms with Gasteiger partial charge in [0.05, 0.1) is 13.2 Å². The van der Waals surface area contributed by atoms with Crippen molar-refractivity contribution in [2.24, 2.45) is 5.92 Å². The minimum atomic E-state index is -1.17. The number of piperidine rings is 3. The van der Waals surface area contributed by atoms with Crippen molar-refractivity contribution in [3.63, 3.8) is 0 Å². The van der Waals surface area contributed by atoms with Crippen molar-refractivity contribution < 1.29 is 19.1 Å². The minimum Gasteiger partial charge on any atom is -0.464 e. The maximum absolute atomic E-state index is 12.3. The zero-order valence-electron chi connectivity index (χ0n) is 11.1. The van der Waals surface area contributed by atoms with Crippen LogP contribution in [0.3, 0.4) is 0 Å². The topological polar surface area (TPSA) is 55.8 Å². The van der Waals surface area contributed by atoms with Gasteiger partial charge in [-0.25, -0.2) is 9.59 Å². The molecule has 0 radical (unpaired) electrons. The van der Waals surface area contributed by atoms with E-state index >= 15 is 0 Å². The number of esters is 2. The molecule has 5 nitrogen and oxygen atoms in total. The van der Waals surface area contributed by atoms with Crippen LogP contribution in [0.5, 0.6) is 0 Å². The first-order valence-electron chi connectivity index (χ1n) is 6.74. The summed E-state index contributed by atoms with van der Waals surface area (Å²) in [4.78, 5) is 26.5. The highest BCUT2D eigenvalue weighted by molar-refractivity contribution is 6.05. The zero-order chi connectivity index (χ0) is 13.2. The van der Waals surface area contributed by atoms with Crippen LogP contribution in [0.1, 0.15) is 33.1 Å². The summed E-state index contributed by atoms with van der Waals surface area (Å²) in [5.74, 6) is -0.440. The normalized spacial score (nSPS) is 28.8. The van der Waals surface area contributed by atoms with Crippen molar-refractivity contribution >= 4 is 11.9 Å². The second-order valence-corrected chi connectivity index (χ2v) is 4.94. The molecule has 102 valence electrons. The molecule has 5 heteroatoms. The van der Waals surface area contributed by atoms with Gasteiger partial charge >= 0.3 is 11.9 Å². The fourth-order valence-corrected chi connectivity index (χ4v) is 3.07. The molecule has 0 aromatic rings. The van der Waals surface area contributed by atoms with Gasteiger partial charge in [-0.15, -0.1) is 0 Å². The molecule has 3 heterocycles. The smallest absolute Gasteiger partial charge is 0.338 e. The summed E-state index contributed by atoms with van der Waals surface area (Å²) in [6, 6.07) is 0. The van der Waals surface area contributed by atoms with Crippen LogP contribution in [-0.2, 0) is 19.1 Å². The maximum atomic E-state index is 12.3. The number of carbonyl (C=O) groups is 2. The summed E-state index contributed by atoms with van der Waals surface area (Å²) in [7, 11) is 0. The second kappa shape index (κ2) is 5.26. The number of carbonyl (C=O) groups excluding carboxylic acids is 2. The largest absolute Gasteiger partial charge is 0.464 e. The van der Waals surface area contributed by atoms with Crippen LogP contribution < -0.4 is 0 Å². The molecule has 3 rings (SSSR count). The van der Waals surface area contributed by atoms with Crippen LogP contribution >= 0.6 is 0 Å². The fraction of sp³-hybridized carbons (Fsp3) is 0.846. The van der Waals surface area contributed by atoms with Crippen molar-refractivity contribution in [1.29, 1.82) is 0 Å². The van der Waals surface area contributed by atoms with E-state index in [0.717, 1.165) is 25.9 Å². The summed E-state index contributed by atoms with van der Waals surface area (Å²) in [6.45, 7) is 5.65. The van der Waals surface area contributed by atoms with Crippen LogP contribution in [0.2, 0.25) is 0 Å². The first-order chi connectivity index (χ1) is 8.65. The Morgan fingerprint density at radius 1 is 1.11 bits per heavy atom. The lowest BCUT2D eigenvalue weighted by Gasteiger charge is -2.50. The molecule has 3 aliphatic heterocycles. The molecule has 0 saturated carbocycles. The van der Waals surface area contributed by atoms with E-state index in [1.54, 1.807) is 13.8 Å². The molecule has 18 heavy (non-hydrogen) atoms. The average Bonchev–Trinajstić information content (AvgIpc) is 2.40. The van der Waals surface area contributed by atoms with Crippen molar-refractivity contribution in [2.75, 3.05) is 26.3 Å². The molecule has 2 bridgehead atoms. The zero-order valence-corrected chi connectivity index (χ0v) is 11.1. The number of hydrogen-bond acceptors (Lipinski definition) is 5. The first-order valence-corrected chi connectivity index (χ1v) is 6.74. The van der Waals surface area contributed by atoms with Crippen LogP contribution in [0, 0.1) is 5.92 Å². The van der Waals surface area contributed by atoms with Gasteiger partial charge in [-0.05, 0) is 39.0 Å². The Morgan fingerprint density at radius 3 is 1.94 bits per heavy atom. The molecule has 0 spiro atoms. The van der Waals surface area contributed by atoms with Gasteiger partial charge in [0, 0.05) is 13.1 Å². The van der Waals surface area contributed by atoms with E-state index in [2.05, 4.69) is 0 Å². The van der Waals surface area contributed by atoms with Crippen LogP contribution in [0.15, 0.2) is 0 Å². The standard InChI is InChI=1S/C13H21NO4/c1-3-17-11(15)13(12(16)18-4-2)9-10-5-7-14(13)8-6-10/h10H,3-9H2,1-2H3. The Kier molecular flexibility index (Phi) is 3.90. The summed E-state index contributed by atoms with van der Waals surface area (Å²) < 4.78 is 10.2. The number of fused-ring (bicyclic) bond motifs is 3. The summed E-state index contributed by atoms with van der Waals surface area (Å²) in [5.41, 5.74) is -1.17. The molecule has 0 N–H and O–H groups in total. The Balaban J connectivity index is 2.28. The van der Waals surface area contributed by atoms with E-state index in [4.69, 9.17) is 9.47 Å². The summed E-state index contributed by atoms with van der Waals surface area (Å²) in [5, 5.41) is 0. The van der Waals surface area contributed by atoms with Gasteiger partial charge in [-0.1, -0.05) is 0 Å². The molecule has 0 aromatic carbocycles. The number of rotatable bonds is 4. The molecule has 3 aliphatic rings. The SMILES string of the molecule is CCOC(=O)C1(C(=O)OCC)CC2CCN1CC2. The highest BCUT2D eigenvalue weighted by Crippen LogP contribution is 2.40. The van der Waals surface area contributed by atoms with Crippen LogP contribution in [-0.4, -0.2) is 48.7 Å². The monoisotopic (exact) mass is 255 g/mol. The quantitative estimate of drug-likeness (QED) is 0.553. The van der Waals surface area contributed by atoms with Gasteiger partial charge in [-0.3, -0.25) is 4.90 Å². The van der Waals surface area contributed by atoms with Crippen LogP contribution in [0.4, 0.5) is 0 Å². The third-order valence-corrected chi connectivity index (χ3v) is 3.96. The summed E-state index contributed by atoms with van der Waals surface area (Å²) >= 11 is 0. The predicted octanol–water partition coefficient (Wildman–Crippen LogP) is 0.967. The van der Waals surface area contributed by atoms with Gasteiger partial charge in [0.25, 0.3) is 0 Å². The lowest BCUT2D eigenvalue weighted by Crippen LogP contribution is -2.67. The number of hydrogen-bond donors (Lipinski definition) is 0. The van der Waals surface area contributed by atoms with Gasteiger partial charge in [0.2, 0.25) is 5.54 Å². The van der Waals surface area contributed by atoms with E-state index in [0.29, 0.717) is 25.6 Å². The minimum absolute atomic E-state index is 0.290. The molecule has 0 unspecified atom stereocenters. The number of nitrogens with zero attached hydrogens (tertiary/aromatic N) is 1. The van der Waals surface area contributed by atoms with E-state index in [1.165, 1.54) is 0 Å². The van der Waals surface area contributed by atoms with E-state index < -0.39 is 17.5 Å². The van der Waals surface area contributed by atoms with Gasteiger partial charge in [0.1, 0.15) is 0 Å². The Morgan fingerprint density at radius 2 is 1.61 bits per heavy atom. The Bertz CT molecular complexity index is 316. The molecule has 0 atom stereocenters. The van der Waals surface area contributed by atoms with Crippen molar-refractivity contribution in [3.05, 3.63) is 0 Å². The van der Waals surface area contributed by atoms with Gasteiger partial charge in [-0.2, -0.15) is 0 Å². The highest BCUT2D eigenvalue weighted by atomic mass is 16.6. The van der Waals surface area contributed by atoms with Gasteiger partial charge in [0.15, 0.2) is 0 Å². The fourth-order valence-electron chi connectivity index (χ4n) is 3.07. The molecule has 0 aromatic heterocycles. The molecular weight excluding hydrogens is 234 g/mol. The van der Waals surface area contributed by atoms with E-state index in [1.807, 2.05) is 4.90 Å². The average molecular weight is 255 g/mol. The van der Waals surface area contributed by atoms with Crippen LogP contribution in [0.25, 0.3) is 0 Å². The van der Waals surface area contributed by atoms with Crippen molar-refractivity contribution in [2.45, 2.75) is 38.6 Å². The van der Waals surface area contributed by atoms with Crippen molar-refractivity contribution in [3.8, 4) is 0 Å². The lowest BCUT2D eigenvalue weighted by atomic mass is 9.74. The second-order valence-electron chi connectivity index (χ2n) is 4.94. The molecule has 0 aliphatic carbocycles. The molecule has 0 amide bonds. The first kappa shape index (κ1) is 13.3. The predicted molar refractivity (Wildman–Crippen MR) is 64.9 cm³/mol. The molecule has 3 fully saturated rings. The maximum Gasteiger partial charge on any atom is 0.338 e. The third kappa shape index (κ3) is 2.00. The highest BCUT2D eigenvalue weighted by Gasteiger charge is 2.58.